The number of anilines is 3. The Hall–Kier alpha value is -3.49. The number of aliphatic hydroxyl groups is 2. The fraction of sp³-hybridized carbons (Fsp3) is 0.400. The Balaban J connectivity index is 1.79. The molecule has 0 saturated carbocycles. The highest BCUT2D eigenvalue weighted by Crippen LogP contribution is 2.36. The summed E-state index contributed by atoms with van der Waals surface area (Å²) in [5.41, 5.74) is 2.93. The highest BCUT2D eigenvalue weighted by molar-refractivity contribution is 7.99. The number of nitrogens with zero attached hydrogens (tertiary/aromatic N) is 5. The van der Waals surface area contributed by atoms with Crippen LogP contribution in [0.25, 0.3) is 0 Å². The average Bonchev–Trinajstić information content (AvgIpc) is 2.92. The molecule has 3 aromatic rings. The van der Waals surface area contributed by atoms with E-state index in [9.17, 15) is 15.5 Å². The molecule has 40 heavy (non-hydrogen) atoms. The van der Waals surface area contributed by atoms with Gasteiger partial charge in [0.15, 0.2) is 11.6 Å². The third-order valence-electron chi connectivity index (χ3n) is 6.18. The number of rotatable bonds is 13. The number of thioether (sulfide) groups is 1. The summed E-state index contributed by atoms with van der Waals surface area (Å²) in [6, 6.07) is 19.6. The van der Waals surface area contributed by atoms with Crippen LogP contribution in [0.1, 0.15) is 38.8 Å². The zero-order chi connectivity index (χ0) is 29.1. The summed E-state index contributed by atoms with van der Waals surface area (Å²) in [5.74, 6) is 1.74. The molecular formula is C30H39N7O2S. The Morgan fingerprint density at radius 1 is 1.05 bits per heavy atom. The molecule has 0 amide bonds. The molecule has 0 spiro atoms. The first-order chi connectivity index (χ1) is 19.1. The van der Waals surface area contributed by atoms with E-state index in [-0.39, 0.29) is 18.7 Å². The van der Waals surface area contributed by atoms with Crippen LogP contribution in [-0.4, -0.2) is 63.7 Å². The fourth-order valence-electron chi connectivity index (χ4n) is 3.96. The summed E-state index contributed by atoms with van der Waals surface area (Å²) in [7, 11) is 0. The van der Waals surface area contributed by atoms with Crippen LogP contribution < -0.4 is 10.6 Å². The lowest BCUT2D eigenvalue weighted by molar-refractivity contribution is 0.114. The molecule has 0 bridgehead atoms. The molecule has 0 fully saturated rings. The van der Waals surface area contributed by atoms with Crippen molar-refractivity contribution in [2.24, 2.45) is 10.2 Å². The first kappa shape index (κ1) is 31.0. The van der Waals surface area contributed by atoms with Gasteiger partial charge >= 0.3 is 0 Å². The first-order valence-electron chi connectivity index (χ1n) is 13.3. The number of hydrogen-bond acceptors (Lipinski definition) is 10. The van der Waals surface area contributed by atoms with Crippen LogP contribution >= 0.6 is 11.8 Å². The maximum atomic E-state index is 9.93. The predicted molar refractivity (Wildman–Crippen MR) is 163 cm³/mol. The van der Waals surface area contributed by atoms with Gasteiger partial charge in [0.25, 0.3) is 0 Å². The number of pyridine rings is 1. The monoisotopic (exact) mass is 561 g/mol. The van der Waals surface area contributed by atoms with Gasteiger partial charge in [0.2, 0.25) is 0 Å². The molecular weight excluding hydrogens is 522 g/mol. The number of aromatic nitrogens is 1. The molecule has 0 radical (unpaired) electrons. The first-order valence-corrected chi connectivity index (χ1v) is 14.3. The fourth-order valence-corrected chi connectivity index (χ4v) is 4.84. The van der Waals surface area contributed by atoms with Crippen molar-refractivity contribution in [3.05, 3.63) is 65.7 Å². The van der Waals surface area contributed by atoms with Gasteiger partial charge in [0.05, 0.1) is 24.0 Å². The lowest BCUT2D eigenvalue weighted by Gasteiger charge is -2.35. The van der Waals surface area contributed by atoms with Gasteiger partial charge in [-0.15, -0.1) is 16.9 Å². The number of nitriles is 1. The van der Waals surface area contributed by atoms with Gasteiger partial charge in [-0.2, -0.15) is 10.4 Å². The van der Waals surface area contributed by atoms with Crippen molar-refractivity contribution in [2.75, 3.05) is 42.6 Å². The summed E-state index contributed by atoms with van der Waals surface area (Å²) in [5, 5.41) is 44.4. The van der Waals surface area contributed by atoms with Crippen molar-refractivity contribution in [3.8, 4) is 6.07 Å². The third kappa shape index (κ3) is 9.03. The quantitative estimate of drug-likeness (QED) is 0.139. The standard InChI is InChI=1S/C30H39N7O2S/c1-21(39)20-32-29-27(22(2)26(19-31)28(34-29)33-23-9-7-6-8-10-23)36-35-24-11-13-25(14-12-24)40-18-16-37(15-17-38)30(3,4)5/h6-14,21,38-39H,15-18,20H2,1-5H3,(H2,32,33,34). The SMILES string of the molecule is Cc1c(C#N)c(Nc2ccccc2)nc(NCC(C)O)c1N=Nc1ccc(SCCN(CCO)C(C)(C)C)cc1. The topological polar surface area (TPSA) is 129 Å². The Morgan fingerprint density at radius 2 is 1.75 bits per heavy atom. The summed E-state index contributed by atoms with van der Waals surface area (Å²) in [6.07, 6.45) is -0.600. The van der Waals surface area contributed by atoms with Crippen molar-refractivity contribution >= 4 is 40.5 Å². The van der Waals surface area contributed by atoms with E-state index < -0.39 is 6.10 Å². The molecule has 4 N–H and O–H groups in total. The zero-order valence-corrected chi connectivity index (χ0v) is 24.7. The van der Waals surface area contributed by atoms with E-state index >= 15 is 0 Å². The number of β-amino-alcohol motifs (C(OH)–C–C–N with tert-alkyl or cyclic N) is 1. The highest BCUT2D eigenvalue weighted by Gasteiger charge is 2.20. The largest absolute Gasteiger partial charge is 0.395 e. The van der Waals surface area contributed by atoms with Gasteiger partial charge < -0.3 is 20.8 Å². The minimum atomic E-state index is -0.600. The molecule has 0 aliphatic heterocycles. The average molecular weight is 562 g/mol. The van der Waals surface area contributed by atoms with E-state index in [0.29, 0.717) is 40.7 Å². The molecule has 2 aromatic carbocycles. The summed E-state index contributed by atoms with van der Waals surface area (Å²) in [4.78, 5) is 8.04. The Labute approximate surface area is 241 Å². The minimum absolute atomic E-state index is 0.00463. The highest BCUT2D eigenvalue weighted by atomic mass is 32.2. The summed E-state index contributed by atoms with van der Waals surface area (Å²) >= 11 is 1.75. The molecule has 0 aliphatic rings. The molecule has 0 saturated heterocycles. The van der Waals surface area contributed by atoms with E-state index in [4.69, 9.17) is 0 Å². The normalized spacial score (nSPS) is 12.5. The lowest BCUT2D eigenvalue weighted by atomic mass is 10.1. The molecule has 1 atom stereocenters. The molecule has 0 aliphatic carbocycles. The third-order valence-corrected chi connectivity index (χ3v) is 7.17. The smallest absolute Gasteiger partial charge is 0.156 e. The zero-order valence-electron chi connectivity index (χ0n) is 23.8. The Bertz CT molecular complexity index is 1300. The second kappa shape index (κ2) is 14.8. The maximum absolute atomic E-state index is 9.93. The van der Waals surface area contributed by atoms with Crippen LogP contribution in [0.15, 0.2) is 69.7 Å². The van der Waals surface area contributed by atoms with Crippen LogP contribution in [0.5, 0.6) is 0 Å². The van der Waals surface area contributed by atoms with E-state index in [2.05, 4.69) is 57.6 Å². The van der Waals surface area contributed by atoms with Crippen LogP contribution in [0, 0.1) is 18.3 Å². The van der Waals surface area contributed by atoms with Crippen molar-refractivity contribution in [1.29, 1.82) is 5.26 Å². The Kier molecular flexibility index (Phi) is 11.5. The van der Waals surface area contributed by atoms with Crippen LogP contribution in [0.2, 0.25) is 0 Å². The van der Waals surface area contributed by atoms with Crippen molar-refractivity contribution in [3.63, 3.8) is 0 Å². The van der Waals surface area contributed by atoms with Gasteiger partial charge in [0.1, 0.15) is 11.8 Å². The van der Waals surface area contributed by atoms with Gasteiger partial charge in [-0.3, -0.25) is 4.90 Å². The minimum Gasteiger partial charge on any atom is -0.395 e. The summed E-state index contributed by atoms with van der Waals surface area (Å²) < 4.78 is 0. The molecule has 1 heterocycles. The van der Waals surface area contributed by atoms with Crippen molar-refractivity contribution in [1.82, 2.24) is 9.88 Å². The van der Waals surface area contributed by atoms with Gasteiger partial charge in [0, 0.05) is 47.1 Å². The Morgan fingerprint density at radius 3 is 2.35 bits per heavy atom. The molecule has 9 nitrogen and oxygen atoms in total. The predicted octanol–water partition coefficient (Wildman–Crippen LogP) is 6.40. The van der Waals surface area contributed by atoms with E-state index in [0.717, 1.165) is 22.9 Å². The summed E-state index contributed by atoms with van der Waals surface area (Å²) in [6.45, 7) is 11.9. The number of benzene rings is 2. The van der Waals surface area contributed by atoms with Crippen LogP contribution in [0.3, 0.4) is 0 Å². The van der Waals surface area contributed by atoms with E-state index in [1.807, 2.05) is 61.5 Å². The number of nitrogens with one attached hydrogen (secondary N) is 2. The van der Waals surface area contributed by atoms with Gasteiger partial charge in [-0.1, -0.05) is 18.2 Å². The molecule has 1 unspecified atom stereocenters. The number of hydrogen-bond donors (Lipinski definition) is 4. The molecule has 3 rings (SSSR count). The number of azo groups is 1. The van der Waals surface area contributed by atoms with E-state index in [1.165, 1.54) is 0 Å². The molecule has 212 valence electrons. The maximum Gasteiger partial charge on any atom is 0.156 e. The second-order valence-corrected chi connectivity index (χ2v) is 11.6. The number of para-hydroxylation sites is 1. The van der Waals surface area contributed by atoms with Crippen molar-refractivity contribution < 1.29 is 10.2 Å². The van der Waals surface area contributed by atoms with Gasteiger partial charge in [-0.05, 0) is 71.0 Å². The number of aliphatic hydroxyl groups excluding tert-OH is 2. The molecule has 10 heteroatoms. The van der Waals surface area contributed by atoms with Gasteiger partial charge in [-0.25, -0.2) is 4.98 Å². The van der Waals surface area contributed by atoms with Crippen molar-refractivity contribution in [2.45, 2.75) is 51.2 Å². The van der Waals surface area contributed by atoms with E-state index in [1.54, 1.807) is 18.7 Å². The lowest BCUT2D eigenvalue weighted by Crippen LogP contribution is -2.44. The van der Waals surface area contributed by atoms with Crippen LogP contribution in [-0.2, 0) is 0 Å². The van der Waals surface area contributed by atoms with Crippen LogP contribution in [0.4, 0.5) is 28.7 Å². The molecule has 1 aromatic heterocycles. The second-order valence-electron chi connectivity index (χ2n) is 10.4.